The molecule has 0 fully saturated rings. The van der Waals surface area contributed by atoms with E-state index in [2.05, 4.69) is 54.3 Å². The van der Waals surface area contributed by atoms with Gasteiger partial charge in [0.1, 0.15) is 0 Å². The number of unbranched alkanes of at least 4 members (excludes halogenated alkanes) is 1. The molecule has 2 aromatic carbocycles. The van der Waals surface area contributed by atoms with E-state index in [-0.39, 0.29) is 0 Å². The molecule has 20 heavy (non-hydrogen) atoms. The minimum Gasteiger partial charge on any atom is -0.393 e. The number of benzene rings is 2. The summed E-state index contributed by atoms with van der Waals surface area (Å²) in [5.74, 6) is 0. The summed E-state index contributed by atoms with van der Waals surface area (Å²) in [5.41, 5.74) is 6.87. The van der Waals surface area contributed by atoms with E-state index in [0.717, 1.165) is 32.4 Å². The summed E-state index contributed by atoms with van der Waals surface area (Å²) in [6, 6.07) is 15.1. The largest absolute Gasteiger partial charge is 0.393 e. The van der Waals surface area contributed by atoms with E-state index in [1.807, 2.05) is 0 Å². The molecule has 0 heterocycles. The Balaban J connectivity index is 2.11. The van der Waals surface area contributed by atoms with Crippen LogP contribution in [0, 0.1) is 0 Å². The summed E-state index contributed by atoms with van der Waals surface area (Å²) < 4.78 is 0. The Bertz CT molecular complexity index is 575. The Morgan fingerprint density at radius 3 is 2.60 bits per heavy atom. The summed E-state index contributed by atoms with van der Waals surface area (Å²) in [5, 5.41) is 2.62. The molecule has 2 aromatic rings. The van der Waals surface area contributed by atoms with E-state index >= 15 is 0 Å². The smallest absolute Gasteiger partial charge is 0.0727 e. The van der Waals surface area contributed by atoms with Gasteiger partial charge < -0.3 is 10.6 Å². The average Bonchev–Trinajstić information content (AvgIpc) is 2.47. The van der Waals surface area contributed by atoms with Crippen LogP contribution in [0.2, 0.25) is 0 Å². The Kier molecular flexibility index (Phi) is 5.36. The van der Waals surface area contributed by atoms with Crippen molar-refractivity contribution >= 4 is 33.7 Å². The first kappa shape index (κ1) is 14.8. The quantitative estimate of drug-likeness (QED) is 0.613. The lowest BCUT2D eigenvalue weighted by Crippen LogP contribution is -2.24. The van der Waals surface area contributed by atoms with Crippen LogP contribution < -0.4 is 10.6 Å². The lowest BCUT2D eigenvalue weighted by atomic mass is 10.1. The van der Waals surface area contributed by atoms with E-state index in [4.69, 9.17) is 18.0 Å². The molecule has 3 heteroatoms. The summed E-state index contributed by atoms with van der Waals surface area (Å²) in [6.07, 6.45) is 3.04. The van der Waals surface area contributed by atoms with E-state index < -0.39 is 0 Å². The highest BCUT2D eigenvalue weighted by molar-refractivity contribution is 7.80. The van der Waals surface area contributed by atoms with Crippen LogP contribution in [0.4, 0.5) is 5.69 Å². The van der Waals surface area contributed by atoms with Gasteiger partial charge in [-0.25, -0.2) is 0 Å². The lowest BCUT2D eigenvalue weighted by molar-refractivity contribution is 0.715. The van der Waals surface area contributed by atoms with Gasteiger partial charge in [0.15, 0.2) is 0 Å². The SMILES string of the molecule is CCN(CCCCC(N)=S)c1cccc2ccccc12. The van der Waals surface area contributed by atoms with Crippen molar-refractivity contribution in [1.82, 2.24) is 0 Å². The Labute approximate surface area is 126 Å². The number of nitrogens with zero attached hydrogens (tertiary/aromatic N) is 1. The number of fused-ring (bicyclic) bond motifs is 1. The molecule has 2 rings (SSSR count). The third-order valence-corrected chi connectivity index (χ3v) is 3.79. The van der Waals surface area contributed by atoms with E-state index in [1.165, 1.54) is 16.5 Å². The summed E-state index contributed by atoms with van der Waals surface area (Å²) >= 11 is 4.92. The molecule has 0 bridgehead atoms. The van der Waals surface area contributed by atoms with Crippen molar-refractivity contribution in [3.63, 3.8) is 0 Å². The van der Waals surface area contributed by atoms with E-state index in [1.54, 1.807) is 0 Å². The number of hydrogen-bond donors (Lipinski definition) is 1. The van der Waals surface area contributed by atoms with Crippen molar-refractivity contribution in [3.8, 4) is 0 Å². The molecular formula is C17H22N2S. The maximum absolute atomic E-state index is 5.55. The highest BCUT2D eigenvalue weighted by atomic mass is 32.1. The minimum absolute atomic E-state index is 0.623. The topological polar surface area (TPSA) is 29.3 Å². The third kappa shape index (κ3) is 3.70. The van der Waals surface area contributed by atoms with Gasteiger partial charge in [0.2, 0.25) is 0 Å². The highest BCUT2D eigenvalue weighted by Gasteiger charge is 2.07. The fourth-order valence-corrected chi connectivity index (χ4v) is 2.68. The second-order valence-electron chi connectivity index (χ2n) is 5.00. The minimum atomic E-state index is 0.623. The maximum atomic E-state index is 5.55. The molecule has 2 N–H and O–H groups in total. The van der Waals surface area contributed by atoms with Crippen molar-refractivity contribution < 1.29 is 0 Å². The zero-order valence-electron chi connectivity index (χ0n) is 12.0. The molecule has 0 aromatic heterocycles. The molecule has 0 amide bonds. The van der Waals surface area contributed by atoms with Gasteiger partial charge in [-0.2, -0.15) is 0 Å². The van der Waals surface area contributed by atoms with Crippen molar-refractivity contribution in [2.75, 3.05) is 18.0 Å². The molecule has 0 aliphatic heterocycles. The predicted molar refractivity (Wildman–Crippen MR) is 92.5 cm³/mol. The fraction of sp³-hybridized carbons (Fsp3) is 0.353. The van der Waals surface area contributed by atoms with Crippen molar-refractivity contribution in [3.05, 3.63) is 42.5 Å². The first-order chi connectivity index (χ1) is 9.72. The molecule has 0 saturated heterocycles. The highest BCUT2D eigenvalue weighted by Crippen LogP contribution is 2.26. The van der Waals surface area contributed by atoms with Crippen molar-refractivity contribution in [2.24, 2.45) is 5.73 Å². The Morgan fingerprint density at radius 2 is 1.85 bits per heavy atom. The van der Waals surface area contributed by atoms with Gasteiger partial charge in [0, 0.05) is 24.2 Å². The van der Waals surface area contributed by atoms with Crippen molar-refractivity contribution in [2.45, 2.75) is 26.2 Å². The van der Waals surface area contributed by atoms with Crippen molar-refractivity contribution in [1.29, 1.82) is 0 Å². The fourth-order valence-electron chi connectivity index (χ4n) is 2.53. The summed E-state index contributed by atoms with van der Waals surface area (Å²) in [6.45, 7) is 4.27. The zero-order valence-corrected chi connectivity index (χ0v) is 12.8. The monoisotopic (exact) mass is 286 g/mol. The number of hydrogen-bond acceptors (Lipinski definition) is 2. The Morgan fingerprint density at radius 1 is 1.10 bits per heavy atom. The standard InChI is InChI=1S/C17H22N2S/c1-2-19(13-6-5-12-17(18)20)16-11-7-9-14-8-3-4-10-15(14)16/h3-4,7-11H,2,5-6,12-13H2,1H3,(H2,18,20). The lowest BCUT2D eigenvalue weighted by Gasteiger charge is -2.24. The molecule has 0 saturated carbocycles. The van der Waals surface area contributed by atoms with Crippen LogP contribution >= 0.6 is 12.2 Å². The molecule has 0 unspecified atom stereocenters. The molecule has 106 valence electrons. The number of nitrogens with two attached hydrogens (primary N) is 1. The summed E-state index contributed by atoms with van der Waals surface area (Å²) in [4.78, 5) is 3.06. The van der Waals surface area contributed by atoms with Gasteiger partial charge in [-0.15, -0.1) is 0 Å². The zero-order chi connectivity index (χ0) is 14.4. The molecule has 0 aliphatic rings. The van der Waals surface area contributed by atoms with Gasteiger partial charge >= 0.3 is 0 Å². The first-order valence-corrected chi connectivity index (χ1v) is 7.64. The van der Waals surface area contributed by atoms with Crippen LogP contribution in [0.3, 0.4) is 0 Å². The van der Waals surface area contributed by atoms with E-state index in [0.29, 0.717) is 4.99 Å². The van der Waals surface area contributed by atoms with Crippen LogP contribution in [0.1, 0.15) is 26.2 Å². The molecule has 2 nitrogen and oxygen atoms in total. The van der Waals surface area contributed by atoms with Gasteiger partial charge in [0.25, 0.3) is 0 Å². The second-order valence-corrected chi connectivity index (χ2v) is 5.53. The number of thiocarbonyl (C=S) groups is 1. The van der Waals surface area contributed by atoms with Gasteiger partial charge in [0.05, 0.1) is 4.99 Å². The molecule has 0 atom stereocenters. The van der Waals surface area contributed by atoms with Crippen LogP contribution in [0.5, 0.6) is 0 Å². The normalized spacial score (nSPS) is 10.7. The summed E-state index contributed by atoms with van der Waals surface area (Å²) in [7, 11) is 0. The molecule has 0 radical (unpaired) electrons. The molecular weight excluding hydrogens is 264 g/mol. The predicted octanol–water partition coefficient (Wildman–Crippen LogP) is 4.12. The number of anilines is 1. The van der Waals surface area contributed by atoms with Crippen LogP contribution in [-0.2, 0) is 0 Å². The Hall–Kier alpha value is -1.61. The average molecular weight is 286 g/mol. The van der Waals surface area contributed by atoms with E-state index in [9.17, 15) is 0 Å². The van der Waals surface area contributed by atoms with Gasteiger partial charge in [-0.1, -0.05) is 48.6 Å². The maximum Gasteiger partial charge on any atom is 0.0727 e. The third-order valence-electron chi connectivity index (χ3n) is 3.59. The van der Waals surface area contributed by atoms with Crippen LogP contribution in [-0.4, -0.2) is 18.1 Å². The molecule has 0 aliphatic carbocycles. The van der Waals surface area contributed by atoms with Gasteiger partial charge in [-0.3, -0.25) is 0 Å². The number of rotatable bonds is 7. The van der Waals surface area contributed by atoms with Crippen LogP contribution in [0.25, 0.3) is 10.8 Å². The second kappa shape index (κ2) is 7.25. The van der Waals surface area contributed by atoms with Gasteiger partial charge in [-0.05, 0) is 37.6 Å². The first-order valence-electron chi connectivity index (χ1n) is 7.23. The van der Waals surface area contributed by atoms with Crippen LogP contribution in [0.15, 0.2) is 42.5 Å². The molecule has 0 spiro atoms.